The Balaban J connectivity index is 1.22. The molecule has 2 aliphatic carbocycles. The number of aryl methyl sites for hydroxylation is 2. The summed E-state index contributed by atoms with van der Waals surface area (Å²) < 4.78 is 134. The Morgan fingerprint density at radius 2 is 0.761 bits per heavy atom. The van der Waals surface area contributed by atoms with Crippen molar-refractivity contribution < 1.29 is 59.4 Å². The fourth-order valence-corrected chi connectivity index (χ4v) is 20.0. The first-order valence-electron chi connectivity index (χ1n) is 26.1. The maximum atomic E-state index is 17.5. The molecular weight excluding hydrogens is 981 g/mol. The third-order valence-electron chi connectivity index (χ3n) is 13.8. The van der Waals surface area contributed by atoms with Crippen molar-refractivity contribution in [1.29, 1.82) is 0 Å². The average Bonchev–Trinajstić information content (AvgIpc) is 4.11. The van der Waals surface area contributed by atoms with Crippen LogP contribution >= 0.6 is 0 Å². The molecule has 0 unspecified atom stereocenters. The van der Waals surface area contributed by atoms with Crippen molar-refractivity contribution in [3.05, 3.63) is 151 Å². The van der Waals surface area contributed by atoms with Gasteiger partial charge in [-0.25, -0.2) is 0 Å². The molecule has 13 heteroatoms. The van der Waals surface area contributed by atoms with Crippen molar-refractivity contribution in [2.75, 3.05) is 0 Å². The van der Waals surface area contributed by atoms with E-state index in [9.17, 15) is 16.8 Å². The Labute approximate surface area is 425 Å². The first-order valence-corrected chi connectivity index (χ1v) is 32.0. The Kier molecular flexibility index (Phi) is 21.9. The standard InChI is InChI=1S/2C24H31F2O3S.2C5H5.Ti/c2*1-2-3-4-5-6-7-8-9-10-11-12-20-13-16-22(17-14-20)30(27,28)29-24-18-15-21(25)19-23(24)26;2*1-2-4-5-3-1;/h2*13-18H,2-12H2,1H3;2*1-3H,4H2;. The normalized spacial score (nSPS) is 13.8. The molecule has 0 fully saturated rings. The first kappa shape index (κ1) is 56.1. The molecule has 0 amide bonds. The second-order valence-electron chi connectivity index (χ2n) is 19.1. The topological polar surface area (TPSA) is 86.7 Å². The van der Waals surface area contributed by atoms with Crippen LogP contribution in [0.4, 0.5) is 17.6 Å². The summed E-state index contributed by atoms with van der Waals surface area (Å²) in [6.07, 6.45) is 35.3. The maximum absolute atomic E-state index is 17.5. The third-order valence-corrected chi connectivity index (χ3v) is 24.3. The molecule has 6 rings (SSSR count). The summed E-state index contributed by atoms with van der Waals surface area (Å²) in [7, 11) is -9.38. The fourth-order valence-electron chi connectivity index (χ4n) is 9.92. The van der Waals surface area contributed by atoms with Crippen molar-refractivity contribution in [3.63, 3.8) is 0 Å². The van der Waals surface area contributed by atoms with Gasteiger partial charge < -0.3 is 0 Å². The zero-order valence-corrected chi connectivity index (χ0v) is 44.8. The van der Waals surface area contributed by atoms with E-state index in [1.165, 1.54) is 114 Å². The number of benzene rings is 4. The van der Waals surface area contributed by atoms with Gasteiger partial charge in [0.25, 0.3) is 0 Å². The van der Waals surface area contributed by atoms with E-state index in [0.717, 1.165) is 86.8 Å². The van der Waals surface area contributed by atoms with Gasteiger partial charge in [-0.1, -0.05) is 117 Å². The van der Waals surface area contributed by atoms with E-state index in [1.54, 1.807) is 60.7 Å². The quantitative estimate of drug-likeness (QED) is 0.0210. The second kappa shape index (κ2) is 27.7. The van der Waals surface area contributed by atoms with Gasteiger partial charge in [0.05, 0.1) is 0 Å². The van der Waals surface area contributed by atoms with Gasteiger partial charge in [0.2, 0.25) is 0 Å². The number of rotatable bonds is 32. The molecule has 0 radical (unpaired) electrons. The molecule has 0 bridgehead atoms. The van der Waals surface area contributed by atoms with Gasteiger partial charge in [-0.15, -0.1) is 0 Å². The number of hydrogen-bond donors (Lipinski definition) is 0. The fraction of sp³-hybridized carbons (Fsp3) is 0.448. The molecule has 0 N–H and O–H groups in total. The zero-order valence-electron chi connectivity index (χ0n) is 41.6. The minimum absolute atomic E-state index is 0.0683. The molecule has 6 nitrogen and oxygen atoms in total. The predicted molar refractivity (Wildman–Crippen MR) is 275 cm³/mol. The summed E-state index contributed by atoms with van der Waals surface area (Å²) in [6.45, 7) is 4.43. The van der Waals surface area contributed by atoms with Crippen molar-refractivity contribution >= 4 is 28.0 Å². The first-order chi connectivity index (χ1) is 34.3. The Morgan fingerprint density at radius 3 is 1.07 bits per heavy atom. The summed E-state index contributed by atoms with van der Waals surface area (Å²) in [4.78, 5) is -0.501. The van der Waals surface area contributed by atoms with Crippen molar-refractivity contribution in [1.82, 2.24) is 0 Å². The molecule has 0 saturated carbocycles. The zero-order chi connectivity index (χ0) is 50.7. The molecule has 0 atom stereocenters. The van der Waals surface area contributed by atoms with Crippen LogP contribution in [0.25, 0.3) is 0 Å². The number of hydrogen-bond acceptors (Lipinski definition) is 6. The summed E-state index contributed by atoms with van der Waals surface area (Å²) in [5, 5.41) is 0. The van der Waals surface area contributed by atoms with E-state index in [1.807, 2.05) is 0 Å². The molecule has 4 aromatic rings. The van der Waals surface area contributed by atoms with E-state index in [2.05, 4.69) is 13.8 Å². The van der Waals surface area contributed by atoms with E-state index < -0.39 is 79.3 Å². The average molecular weight is 1050 g/mol. The molecule has 4 aromatic carbocycles. The van der Waals surface area contributed by atoms with E-state index in [-0.39, 0.29) is 22.6 Å². The van der Waals surface area contributed by atoms with E-state index in [0.29, 0.717) is 7.76 Å². The van der Waals surface area contributed by atoms with Crippen LogP contribution in [0.1, 0.15) is 166 Å². The molecule has 71 heavy (non-hydrogen) atoms. The summed E-state index contributed by atoms with van der Waals surface area (Å²) >= 11 is -5.58. The Bertz CT molecular complexity index is 2530. The number of halogens is 4. The Morgan fingerprint density at radius 1 is 0.437 bits per heavy atom. The van der Waals surface area contributed by atoms with Gasteiger partial charge in [0.15, 0.2) is 0 Å². The molecule has 0 spiro atoms. The van der Waals surface area contributed by atoms with Crippen LogP contribution in [-0.4, -0.2) is 16.8 Å². The molecule has 0 saturated heterocycles. The van der Waals surface area contributed by atoms with E-state index in [4.69, 9.17) is 8.37 Å². The van der Waals surface area contributed by atoms with Crippen LogP contribution in [0.3, 0.4) is 0 Å². The molecule has 0 aromatic heterocycles. The molecule has 0 heterocycles. The summed E-state index contributed by atoms with van der Waals surface area (Å²) in [5.41, 5.74) is 1.87. The van der Waals surface area contributed by atoms with Crippen molar-refractivity contribution in [2.24, 2.45) is 0 Å². The van der Waals surface area contributed by atoms with Crippen molar-refractivity contribution in [2.45, 2.75) is 178 Å². The molecule has 384 valence electrons. The van der Waals surface area contributed by atoms with Gasteiger partial charge in [-0.05, 0) is 0 Å². The molecular formula is C58H72F4O6S2Ti. The SMILES string of the molecule is CCCCCCCCCCCCc1ccc(S(=O)(=O)Oc2ccc(F)[c]([Ti]([C]3=CC=CC3)([C]3=CC=CC3)[c]3c(F)ccc(OS(=O)(=O)c4ccc(CCCCCCCCCCCC)cc4)c3F)c2F)cc1. The minimum atomic E-state index is -5.58. The van der Waals surface area contributed by atoms with Gasteiger partial charge in [-0.3, -0.25) is 0 Å². The van der Waals surface area contributed by atoms with Crippen LogP contribution < -0.4 is 16.1 Å². The van der Waals surface area contributed by atoms with Gasteiger partial charge in [-0.2, -0.15) is 0 Å². The number of unbranched alkanes of at least 4 members (excludes halogenated alkanes) is 18. The van der Waals surface area contributed by atoms with Crippen LogP contribution in [0.2, 0.25) is 0 Å². The van der Waals surface area contributed by atoms with Crippen LogP contribution in [0.5, 0.6) is 11.5 Å². The van der Waals surface area contributed by atoms with Crippen LogP contribution in [0, 0.1) is 23.3 Å². The monoisotopic (exact) mass is 1050 g/mol. The summed E-state index contributed by atoms with van der Waals surface area (Å²) in [5.74, 6) is -6.89. The van der Waals surface area contributed by atoms with Crippen LogP contribution in [-0.2, 0) is 49.7 Å². The molecule has 0 aliphatic heterocycles. The van der Waals surface area contributed by atoms with Crippen molar-refractivity contribution in [3.8, 4) is 11.5 Å². The van der Waals surface area contributed by atoms with Gasteiger partial charge in [0, 0.05) is 0 Å². The molecule has 2 aliphatic rings. The third kappa shape index (κ3) is 14.9. The van der Waals surface area contributed by atoms with Gasteiger partial charge in [0.1, 0.15) is 0 Å². The number of allylic oxidation sites excluding steroid dienone is 8. The van der Waals surface area contributed by atoms with Crippen LogP contribution in [0.15, 0.2) is 127 Å². The van der Waals surface area contributed by atoms with Gasteiger partial charge >= 0.3 is 311 Å². The predicted octanol–water partition coefficient (Wildman–Crippen LogP) is 15.5. The van der Waals surface area contributed by atoms with E-state index >= 15 is 17.6 Å². The second-order valence-corrected chi connectivity index (χ2v) is 28.1. The Hall–Kier alpha value is -4.23. The summed E-state index contributed by atoms with van der Waals surface area (Å²) in [6, 6.07) is 15.7.